The molecule has 1 atom stereocenters. The lowest BCUT2D eigenvalue weighted by Gasteiger charge is -2.02. The Kier molecular flexibility index (Phi) is 2.83. The third-order valence-electron chi connectivity index (χ3n) is 2.25. The second kappa shape index (κ2) is 4.12. The molecular formula is C10H11NO3S. The van der Waals surface area contributed by atoms with Crippen molar-refractivity contribution in [3.63, 3.8) is 0 Å². The highest BCUT2D eigenvalue weighted by molar-refractivity contribution is 7.79. The second-order valence-electron chi connectivity index (χ2n) is 3.34. The molecule has 1 amide bonds. The zero-order valence-electron chi connectivity index (χ0n) is 8.28. The van der Waals surface area contributed by atoms with Crippen LogP contribution in [0.2, 0.25) is 0 Å². The molecule has 0 saturated heterocycles. The van der Waals surface area contributed by atoms with E-state index in [4.69, 9.17) is 4.18 Å². The van der Waals surface area contributed by atoms with Crippen molar-refractivity contribution in [2.45, 2.75) is 13.2 Å². The molecule has 15 heavy (non-hydrogen) atoms. The first-order valence-corrected chi connectivity index (χ1v) is 6.02. The standard InChI is InChI=1S/C10H11NO3S/c1-15(13)14-6-7-2-3-9-8(4-7)5-11-10(9)12/h2-4H,5-6H2,1H3,(H,11,12). The van der Waals surface area contributed by atoms with Gasteiger partial charge in [0, 0.05) is 18.4 Å². The number of amides is 1. The largest absolute Gasteiger partial charge is 0.348 e. The van der Waals surface area contributed by atoms with E-state index in [0.29, 0.717) is 13.2 Å². The second-order valence-corrected chi connectivity index (χ2v) is 4.38. The van der Waals surface area contributed by atoms with Crippen LogP contribution in [0.3, 0.4) is 0 Å². The fraction of sp³-hybridized carbons (Fsp3) is 0.300. The van der Waals surface area contributed by atoms with Crippen molar-refractivity contribution in [1.82, 2.24) is 5.32 Å². The Bertz CT molecular complexity index is 431. The molecule has 2 rings (SSSR count). The lowest BCUT2D eigenvalue weighted by Crippen LogP contribution is -2.12. The minimum atomic E-state index is -1.25. The van der Waals surface area contributed by atoms with Crippen LogP contribution < -0.4 is 5.32 Å². The van der Waals surface area contributed by atoms with E-state index < -0.39 is 11.1 Å². The molecule has 5 heteroatoms. The van der Waals surface area contributed by atoms with E-state index >= 15 is 0 Å². The summed E-state index contributed by atoms with van der Waals surface area (Å²) in [6, 6.07) is 5.49. The summed E-state index contributed by atoms with van der Waals surface area (Å²) in [5, 5.41) is 2.74. The van der Waals surface area contributed by atoms with E-state index in [0.717, 1.165) is 16.7 Å². The molecule has 0 spiro atoms. The van der Waals surface area contributed by atoms with Gasteiger partial charge in [-0.1, -0.05) is 12.1 Å². The fourth-order valence-electron chi connectivity index (χ4n) is 1.53. The summed E-state index contributed by atoms with van der Waals surface area (Å²) in [4.78, 5) is 11.3. The predicted octanol–water partition coefficient (Wildman–Crippen LogP) is 0.740. The van der Waals surface area contributed by atoms with Crippen molar-refractivity contribution in [2.24, 2.45) is 0 Å². The highest BCUT2D eigenvalue weighted by Crippen LogP contribution is 2.17. The van der Waals surface area contributed by atoms with Crippen molar-refractivity contribution >= 4 is 17.0 Å². The quantitative estimate of drug-likeness (QED) is 0.825. The van der Waals surface area contributed by atoms with Crippen LogP contribution in [-0.4, -0.2) is 16.4 Å². The van der Waals surface area contributed by atoms with Crippen LogP contribution in [-0.2, 0) is 28.4 Å². The van der Waals surface area contributed by atoms with Gasteiger partial charge in [0.2, 0.25) is 0 Å². The minimum Gasteiger partial charge on any atom is -0.348 e. The maximum absolute atomic E-state index is 11.3. The number of hydrogen-bond acceptors (Lipinski definition) is 3. The van der Waals surface area contributed by atoms with Gasteiger partial charge in [-0.25, -0.2) is 4.21 Å². The van der Waals surface area contributed by atoms with E-state index in [1.165, 1.54) is 6.26 Å². The first-order chi connectivity index (χ1) is 7.16. The molecule has 1 unspecified atom stereocenters. The number of rotatable bonds is 3. The molecule has 0 fully saturated rings. The molecule has 0 aliphatic carbocycles. The zero-order valence-corrected chi connectivity index (χ0v) is 9.10. The van der Waals surface area contributed by atoms with E-state index in [1.807, 2.05) is 12.1 Å². The van der Waals surface area contributed by atoms with E-state index in [-0.39, 0.29) is 5.91 Å². The van der Waals surface area contributed by atoms with E-state index in [2.05, 4.69) is 5.32 Å². The Morgan fingerprint density at radius 1 is 1.53 bits per heavy atom. The van der Waals surface area contributed by atoms with Crippen LogP contribution in [0.15, 0.2) is 18.2 Å². The summed E-state index contributed by atoms with van der Waals surface area (Å²) in [5.41, 5.74) is 2.62. The van der Waals surface area contributed by atoms with Crippen LogP contribution in [0.1, 0.15) is 21.5 Å². The van der Waals surface area contributed by atoms with Gasteiger partial charge < -0.3 is 5.32 Å². The highest BCUT2D eigenvalue weighted by atomic mass is 32.2. The Morgan fingerprint density at radius 2 is 2.33 bits per heavy atom. The van der Waals surface area contributed by atoms with E-state index in [1.54, 1.807) is 6.07 Å². The molecular weight excluding hydrogens is 214 g/mol. The van der Waals surface area contributed by atoms with Gasteiger partial charge in [0.25, 0.3) is 5.91 Å². The number of nitrogens with one attached hydrogen (secondary N) is 1. The molecule has 4 nitrogen and oxygen atoms in total. The molecule has 0 saturated carbocycles. The van der Waals surface area contributed by atoms with Gasteiger partial charge in [-0.05, 0) is 17.2 Å². The number of benzene rings is 1. The van der Waals surface area contributed by atoms with Crippen molar-refractivity contribution in [3.05, 3.63) is 34.9 Å². The number of carbonyl (C=O) groups excluding carboxylic acids is 1. The van der Waals surface area contributed by atoms with E-state index in [9.17, 15) is 9.00 Å². The maximum Gasteiger partial charge on any atom is 0.251 e. The summed E-state index contributed by atoms with van der Waals surface area (Å²) >= 11 is -1.25. The predicted molar refractivity (Wildman–Crippen MR) is 56.5 cm³/mol. The molecule has 0 bridgehead atoms. The molecule has 80 valence electrons. The first-order valence-electron chi connectivity index (χ1n) is 4.53. The third kappa shape index (κ3) is 2.24. The highest BCUT2D eigenvalue weighted by Gasteiger charge is 2.18. The van der Waals surface area contributed by atoms with Crippen LogP contribution in [0.25, 0.3) is 0 Å². The molecule has 1 aliphatic heterocycles. The number of hydrogen-bond donors (Lipinski definition) is 1. The van der Waals surface area contributed by atoms with Crippen LogP contribution in [0.5, 0.6) is 0 Å². The average Bonchev–Trinajstić information content (AvgIpc) is 2.57. The van der Waals surface area contributed by atoms with Crippen LogP contribution in [0, 0.1) is 0 Å². The lowest BCUT2D eigenvalue weighted by molar-refractivity contribution is 0.0965. The summed E-state index contributed by atoms with van der Waals surface area (Å²) in [7, 11) is 0. The average molecular weight is 225 g/mol. The fourth-order valence-corrected chi connectivity index (χ4v) is 1.83. The van der Waals surface area contributed by atoms with Crippen molar-refractivity contribution in [2.75, 3.05) is 6.26 Å². The summed E-state index contributed by atoms with van der Waals surface area (Å²) in [6.07, 6.45) is 1.48. The first kappa shape index (κ1) is 10.3. The third-order valence-corrected chi connectivity index (χ3v) is 2.70. The van der Waals surface area contributed by atoms with Gasteiger partial charge in [-0.15, -0.1) is 0 Å². The van der Waals surface area contributed by atoms with Gasteiger partial charge in [0.15, 0.2) is 11.1 Å². The molecule has 0 aromatic heterocycles. The molecule has 1 aliphatic rings. The van der Waals surface area contributed by atoms with Crippen molar-refractivity contribution < 1.29 is 13.2 Å². The smallest absolute Gasteiger partial charge is 0.251 e. The van der Waals surface area contributed by atoms with Gasteiger partial charge in [-0.2, -0.15) is 0 Å². The summed E-state index contributed by atoms with van der Waals surface area (Å²) in [6.45, 7) is 0.877. The molecule has 1 aromatic carbocycles. The summed E-state index contributed by atoms with van der Waals surface area (Å²) < 4.78 is 15.7. The Hall–Kier alpha value is -1.20. The monoisotopic (exact) mass is 225 g/mol. The Labute approximate surface area is 90.3 Å². The van der Waals surface area contributed by atoms with Crippen LogP contribution >= 0.6 is 0 Å². The SMILES string of the molecule is CS(=O)OCc1ccc2c(c1)CNC2=O. The molecule has 1 heterocycles. The zero-order chi connectivity index (χ0) is 10.8. The normalized spacial score (nSPS) is 15.9. The molecule has 1 aromatic rings. The topological polar surface area (TPSA) is 55.4 Å². The van der Waals surface area contributed by atoms with Crippen LogP contribution in [0.4, 0.5) is 0 Å². The summed E-state index contributed by atoms with van der Waals surface area (Å²) in [5.74, 6) is -0.0310. The van der Waals surface area contributed by atoms with Gasteiger partial charge in [-0.3, -0.25) is 8.98 Å². The Balaban J connectivity index is 2.16. The van der Waals surface area contributed by atoms with Gasteiger partial charge in [0.1, 0.15) is 0 Å². The number of carbonyl (C=O) groups is 1. The van der Waals surface area contributed by atoms with Crippen molar-refractivity contribution in [1.29, 1.82) is 0 Å². The lowest BCUT2D eigenvalue weighted by atomic mass is 10.1. The molecule has 1 N–H and O–H groups in total. The van der Waals surface area contributed by atoms with Gasteiger partial charge in [0.05, 0.1) is 6.61 Å². The molecule has 0 radical (unpaired) electrons. The minimum absolute atomic E-state index is 0.0310. The number of fused-ring (bicyclic) bond motifs is 1. The maximum atomic E-state index is 11.3. The Morgan fingerprint density at radius 3 is 3.07 bits per heavy atom. The van der Waals surface area contributed by atoms with Crippen molar-refractivity contribution in [3.8, 4) is 0 Å². The van der Waals surface area contributed by atoms with Gasteiger partial charge >= 0.3 is 0 Å².